The van der Waals surface area contributed by atoms with E-state index in [4.69, 9.17) is 13.9 Å². The number of aromatic nitrogens is 2. The van der Waals surface area contributed by atoms with Crippen LogP contribution in [0.4, 0.5) is 15.8 Å². The number of nitrogens with one attached hydrogen (secondary N) is 2. The Bertz CT molecular complexity index is 2170. The standard InChI is InChI=1S/C34H28FN5O5.C2H6/c35-25-16-23-31-33(30(25)37-8-3-11-39-12-14-43-15-13-39)45-29-17-22-21-4-1-2-5-27(21)44-28(22)18-26(29)40(31)19-24(32(23)41)34(42)38-20-6-9-36-10-7-20;1-2/h1-2,4-7,9-10,16-19,37H,3,8,11-15H2,(H,36,38,42);1-2H3. The lowest BCUT2D eigenvalue weighted by molar-refractivity contribution is 0.0378. The van der Waals surface area contributed by atoms with Gasteiger partial charge in [-0.3, -0.25) is 19.5 Å². The van der Waals surface area contributed by atoms with Crippen molar-refractivity contribution in [2.45, 2.75) is 20.3 Å². The molecule has 1 amide bonds. The molecule has 5 heterocycles. The fourth-order valence-electron chi connectivity index (χ4n) is 6.14. The van der Waals surface area contributed by atoms with Crippen LogP contribution in [0.5, 0.6) is 11.5 Å². The van der Waals surface area contributed by atoms with Gasteiger partial charge in [0.25, 0.3) is 5.91 Å². The van der Waals surface area contributed by atoms with Gasteiger partial charge in [-0.25, -0.2) is 4.39 Å². The van der Waals surface area contributed by atoms with Crippen molar-refractivity contribution in [3.8, 4) is 17.2 Å². The van der Waals surface area contributed by atoms with E-state index in [0.29, 0.717) is 53.6 Å². The number of para-hydroxylation sites is 1. The first kappa shape index (κ1) is 30.4. The number of carbonyl (C=O) groups excluding carboxylic acids is 1. The third kappa shape index (κ3) is 5.57. The van der Waals surface area contributed by atoms with Crippen LogP contribution in [-0.2, 0) is 4.74 Å². The number of rotatable bonds is 7. The van der Waals surface area contributed by atoms with Crippen LogP contribution in [-0.4, -0.2) is 59.8 Å². The number of amides is 1. The first-order valence-corrected chi connectivity index (χ1v) is 15.9. The third-order valence-corrected chi connectivity index (χ3v) is 8.36. The van der Waals surface area contributed by atoms with Crippen LogP contribution in [0.1, 0.15) is 30.6 Å². The number of furan rings is 1. The van der Waals surface area contributed by atoms with Gasteiger partial charge in [-0.2, -0.15) is 0 Å². The summed E-state index contributed by atoms with van der Waals surface area (Å²) in [6, 6.07) is 15.8. The van der Waals surface area contributed by atoms with Gasteiger partial charge in [0.15, 0.2) is 17.3 Å². The Kier molecular flexibility index (Phi) is 8.32. The average molecular weight is 636 g/mol. The van der Waals surface area contributed by atoms with Crippen molar-refractivity contribution in [3.63, 3.8) is 0 Å². The molecule has 2 N–H and O–H groups in total. The summed E-state index contributed by atoms with van der Waals surface area (Å²) in [6.07, 6.45) is 5.34. The molecule has 1 fully saturated rings. The Morgan fingerprint density at radius 3 is 2.57 bits per heavy atom. The van der Waals surface area contributed by atoms with E-state index in [1.807, 2.05) is 50.2 Å². The quantitative estimate of drug-likeness (QED) is 0.181. The molecule has 8 rings (SSSR count). The highest BCUT2D eigenvalue weighted by atomic mass is 19.1. The number of hydrogen-bond acceptors (Lipinski definition) is 8. The highest BCUT2D eigenvalue weighted by Gasteiger charge is 2.29. The molecule has 10 nitrogen and oxygen atoms in total. The molecule has 0 bridgehead atoms. The Hall–Kier alpha value is -5.26. The molecular weight excluding hydrogens is 601 g/mol. The Balaban J connectivity index is 0.00000172. The van der Waals surface area contributed by atoms with E-state index in [9.17, 15) is 9.59 Å². The number of pyridine rings is 2. The molecule has 6 aromatic rings. The maximum absolute atomic E-state index is 15.9. The molecule has 1 saturated heterocycles. The minimum absolute atomic E-state index is 0.0269. The zero-order valence-electron chi connectivity index (χ0n) is 26.1. The van der Waals surface area contributed by atoms with E-state index >= 15 is 4.39 Å². The van der Waals surface area contributed by atoms with E-state index in [0.717, 1.165) is 36.8 Å². The molecule has 0 aliphatic carbocycles. The molecule has 0 spiro atoms. The minimum atomic E-state index is -0.641. The maximum atomic E-state index is 15.9. The van der Waals surface area contributed by atoms with Gasteiger partial charge in [-0.05, 0) is 43.3 Å². The van der Waals surface area contributed by atoms with Crippen LogP contribution < -0.4 is 20.8 Å². The molecule has 0 atom stereocenters. The molecule has 3 aromatic carbocycles. The van der Waals surface area contributed by atoms with Gasteiger partial charge in [0.05, 0.1) is 24.3 Å². The van der Waals surface area contributed by atoms with Crippen molar-refractivity contribution in [2.24, 2.45) is 0 Å². The van der Waals surface area contributed by atoms with Gasteiger partial charge < -0.3 is 29.1 Å². The van der Waals surface area contributed by atoms with Crippen LogP contribution in [0.25, 0.3) is 38.5 Å². The van der Waals surface area contributed by atoms with Crippen molar-refractivity contribution in [1.29, 1.82) is 0 Å². The number of fused-ring (bicyclic) bond motifs is 5. The van der Waals surface area contributed by atoms with Gasteiger partial charge in [0.2, 0.25) is 5.43 Å². The SMILES string of the molecule is CC.O=C(Nc1ccncc1)c1cn2c3c(c(NCCCN4CCOCC4)c(F)cc3c1=O)Oc1cc3c(cc1-2)oc1ccccc13. The number of nitrogens with zero attached hydrogens (tertiary/aromatic N) is 3. The van der Waals surface area contributed by atoms with Gasteiger partial charge in [0, 0.05) is 60.8 Å². The lowest BCUT2D eigenvalue weighted by atomic mass is 10.0. The highest BCUT2D eigenvalue weighted by Crippen LogP contribution is 2.47. The summed E-state index contributed by atoms with van der Waals surface area (Å²) < 4.78 is 35.7. The number of halogens is 1. The second-order valence-corrected chi connectivity index (χ2v) is 11.1. The molecule has 240 valence electrons. The Labute approximate surface area is 269 Å². The third-order valence-electron chi connectivity index (χ3n) is 8.36. The summed E-state index contributed by atoms with van der Waals surface area (Å²) in [5.74, 6) is -0.636. The largest absolute Gasteiger partial charge is 0.456 e. The first-order valence-electron chi connectivity index (χ1n) is 15.9. The van der Waals surface area contributed by atoms with Crippen molar-refractivity contribution >= 4 is 50.1 Å². The summed E-state index contributed by atoms with van der Waals surface area (Å²) in [5, 5.41) is 7.74. The average Bonchev–Trinajstić information content (AvgIpc) is 3.47. The fraction of sp³-hybridized carbons (Fsp3) is 0.250. The van der Waals surface area contributed by atoms with Crippen molar-refractivity contribution in [3.05, 3.63) is 94.8 Å². The van der Waals surface area contributed by atoms with E-state index in [-0.39, 0.29) is 22.4 Å². The van der Waals surface area contributed by atoms with E-state index < -0.39 is 17.2 Å². The summed E-state index contributed by atoms with van der Waals surface area (Å²) in [4.78, 5) is 33.5. The molecule has 2 aliphatic heterocycles. The molecule has 47 heavy (non-hydrogen) atoms. The number of morpholine rings is 1. The summed E-state index contributed by atoms with van der Waals surface area (Å²) in [6.45, 7) is 8.50. The van der Waals surface area contributed by atoms with E-state index in [2.05, 4.69) is 20.5 Å². The second-order valence-electron chi connectivity index (χ2n) is 11.1. The second kappa shape index (κ2) is 12.9. The predicted molar refractivity (Wildman–Crippen MR) is 181 cm³/mol. The molecule has 2 aliphatic rings. The van der Waals surface area contributed by atoms with Crippen LogP contribution in [0.2, 0.25) is 0 Å². The Morgan fingerprint density at radius 1 is 0.979 bits per heavy atom. The smallest absolute Gasteiger partial charge is 0.261 e. The molecule has 0 saturated carbocycles. The van der Waals surface area contributed by atoms with Crippen LogP contribution >= 0.6 is 0 Å². The monoisotopic (exact) mass is 635 g/mol. The predicted octanol–water partition coefficient (Wildman–Crippen LogP) is 6.94. The summed E-state index contributed by atoms with van der Waals surface area (Å²) in [7, 11) is 0. The van der Waals surface area contributed by atoms with E-state index in [1.54, 1.807) is 16.7 Å². The molecule has 0 unspecified atom stereocenters. The van der Waals surface area contributed by atoms with Crippen molar-refractivity contribution < 1.29 is 23.1 Å². The van der Waals surface area contributed by atoms with Crippen molar-refractivity contribution in [1.82, 2.24) is 14.5 Å². The summed E-state index contributed by atoms with van der Waals surface area (Å²) in [5.41, 5.74) is 2.13. The number of ether oxygens (including phenoxy) is 2. The van der Waals surface area contributed by atoms with Gasteiger partial charge in [0.1, 0.15) is 27.9 Å². The number of carbonyl (C=O) groups is 1. The van der Waals surface area contributed by atoms with Gasteiger partial charge in [-0.15, -0.1) is 0 Å². The van der Waals surface area contributed by atoms with Crippen LogP contribution in [0, 0.1) is 5.82 Å². The normalized spacial score (nSPS) is 13.9. The lowest BCUT2D eigenvalue weighted by Gasteiger charge is -2.27. The number of anilines is 2. The zero-order chi connectivity index (χ0) is 32.5. The number of benzene rings is 3. The highest BCUT2D eigenvalue weighted by molar-refractivity contribution is 6.09. The topological polar surface area (TPSA) is 111 Å². The molecular formula is C36H34FN5O5. The fourth-order valence-corrected chi connectivity index (χ4v) is 6.14. The van der Waals surface area contributed by atoms with Gasteiger partial charge >= 0.3 is 0 Å². The Morgan fingerprint density at radius 2 is 1.77 bits per heavy atom. The molecule has 3 aromatic heterocycles. The zero-order valence-corrected chi connectivity index (χ0v) is 26.1. The first-order chi connectivity index (χ1) is 23.0. The van der Waals surface area contributed by atoms with E-state index in [1.165, 1.54) is 24.7 Å². The minimum Gasteiger partial charge on any atom is -0.456 e. The van der Waals surface area contributed by atoms with Crippen LogP contribution in [0.15, 0.2) is 82.4 Å². The molecule has 0 radical (unpaired) electrons. The van der Waals surface area contributed by atoms with Gasteiger partial charge in [-0.1, -0.05) is 32.0 Å². The number of hydrogen-bond donors (Lipinski definition) is 2. The summed E-state index contributed by atoms with van der Waals surface area (Å²) >= 11 is 0. The lowest BCUT2D eigenvalue weighted by Crippen LogP contribution is -2.37. The van der Waals surface area contributed by atoms with Crippen LogP contribution in [0.3, 0.4) is 0 Å². The molecule has 11 heteroatoms. The maximum Gasteiger partial charge on any atom is 0.261 e. The van der Waals surface area contributed by atoms with Crippen molar-refractivity contribution in [2.75, 3.05) is 50.0 Å².